The van der Waals surface area contributed by atoms with Gasteiger partial charge in [-0.1, -0.05) is 16.3 Å². The molecule has 1 aromatic heterocycles. The summed E-state index contributed by atoms with van der Waals surface area (Å²) >= 11 is 0. The molecule has 3 heterocycles. The summed E-state index contributed by atoms with van der Waals surface area (Å²) in [4.78, 5) is 0. The summed E-state index contributed by atoms with van der Waals surface area (Å²) in [6.45, 7) is 3.38. The highest BCUT2D eigenvalue weighted by Gasteiger charge is 2.56. The first-order valence-corrected chi connectivity index (χ1v) is 10.1. The molecule has 0 unspecified atom stereocenters. The standard InChI is InChI=1S/C16H21N3O7S/c1-16(2)25-13-11(24-15(23-3)12(20)14(13)26-16)8-27(21,22)19-17-9-6-4-5-7-10(9)18-19/h4-7,11-15,20H,8H2,1-3H3/t11-,12-,13+,14-,15+/m1/s1. The second-order valence-electron chi connectivity index (χ2n) is 7.02. The monoisotopic (exact) mass is 399 g/mol. The van der Waals surface area contributed by atoms with Gasteiger partial charge in [-0.2, -0.15) is 0 Å². The van der Waals surface area contributed by atoms with Crippen molar-refractivity contribution in [2.45, 2.75) is 50.3 Å². The average molecular weight is 399 g/mol. The van der Waals surface area contributed by atoms with Crippen molar-refractivity contribution in [3.05, 3.63) is 24.3 Å². The zero-order valence-corrected chi connectivity index (χ0v) is 15.9. The van der Waals surface area contributed by atoms with Gasteiger partial charge in [0.15, 0.2) is 12.1 Å². The molecule has 1 aromatic carbocycles. The van der Waals surface area contributed by atoms with Gasteiger partial charge in [0.05, 0.1) is 0 Å². The summed E-state index contributed by atoms with van der Waals surface area (Å²) in [5.74, 6) is -1.44. The van der Waals surface area contributed by atoms with Crippen LogP contribution in [0.15, 0.2) is 24.3 Å². The zero-order valence-electron chi connectivity index (χ0n) is 15.0. The fraction of sp³-hybridized carbons (Fsp3) is 0.625. The Morgan fingerprint density at radius 2 is 1.78 bits per heavy atom. The van der Waals surface area contributed by atoms with Crippen LogP contribution in [0.25, 0.3) is 11.0 Å². The molecule has 5 atom stereocenters. The molecule has 0 aliphatic carbocycles. The maximum Gasteiger partial charge on any atom is 0.272 e. The molecule has 10 nitrogen and oxygen atoms in total. The summed E-state index contributed by atoms with van der Waals surface area (Å²) in [5.41, 5.74) is 0.936. The molecule has 0 spiro atoms. The summed E-state index contributed by atoms with van der Waals surface area (Å²) in [5, 5.41) is 18.4. The van der Waals surface area contributed by atoms with Gasteiger partial charge in [-0.25, -0.2) is 8.42 Å². The second-order valence-corrected chi connectivity index (χ2v) is 8.85. The number of rotatable bonds is 4. The van der Waals surface area contributed by atoms with Gasteiger partial charge >= 0.3 is 0 Å². The first-order valence-electron chi connectivity index (χ1n) is 8.47. The van der Waals surface area contributed by atoms with Crippen LogP contribution < -0.4 is 0 Å². The van der Waals surface area contributed by atoms with Crippen LogP contribution >= 0.6 is 0 Å². The van der Waals surface area contributed by atoms with Gasteiger partial charge in [-0.15, -0.1) is 10.2 Å². The van der Waals surface area contributed by atoms with Crippen LogP contribution in [0.2, 0.25) is 0 Å². The number of nitrogens with zero attached hydrogens (tertiary/aromatic N) is 3. The number of methoxy groups -OCH3 is 1. The lowest BCUT2D eigenvalue weighted by Gasteiger charge is -2.38. The van der Waals surface area contributed by atoms with Crippen LogP contribution in [-0.2, 0) is 29.0 Å². The van der Waals surface area contributed by atoms with Crippen molar-refractivity contribution in [3.8, 4) is 0 Å². The summed E-state index contributed by atoms with van der Waals surface area (Å²) in [6.07, 6.45) is -4.62. The molecule has 2 aromatic rings. The molecular weight excluding hydrogens is 378 g/mol. The third-order valence-electron chi connectivity index (χ3n) is 4.58. The largest absolute Gasteiger partial charge is 0.385 e. The van der Waals surface area contributed by atoms with E-state index in [1.165, 1.54) is 7.11 Å². The highest BCUT2D eigenvalue weighted by Crippen LogP contribution is 2.38. The van der Waals surface area contributed by atoms with Crippen LogP contribution in [0.4, 0.5) is 0 Å². The third kappa shape index (κ3) is 3.35. The molecule has 4 rings (SSSR count). The van der Waals surface area contributed by atoms with E-state index in [0.717, 1.165) is 0 Å². The van der Waals surface area contributed by atoms with Gasteiger partial charge in [0, 0.05) is 7.11 Å². The third-order valence-corrected chi connectivity index (χ3v) is 5.99. The van der Waals surface area contributed by atoms with Gasteiger partial charge in [-0.05, 0) is 26.0 Å². The van der Waals surface area contributed by atoms with E-state index < -0.39 is 52.3 Å². The molecule has 2 aliphatic heterocycles. The van der Waals surface area contributed by atoms with Crippen LogP contribution in [0.5, 0.6) is 0 Å². The number of aliphatic hydroxyl groups is 1. The maximum atomic E-state index is 12.9. The minimum absolute atomic E-state index is 0.457. The van der Waals surface area contributed by atoms with Gasteiger partial charge in [0.25, 0.3) is 10.0 Å². The topological polar surface area (TPSA) is 122 Å². The predicted molar refractivity (Wildman–Crippen MR) is 92.2 cm³/mol. The van der Waals surface area contributed by atoms with Crippen molar-refractivity contribution in [1.82, 2.24) is 14.4 Å². The van der Waals surface area contributed by atoms with Crippen molar-refractivity contribution < 1.29 is 32.5 Å². The first kappa shape index (κ1) is 18.7. The molecule has 2 aliphatic rings. The van der Waals surface area contributed by atoms with E-state index in [9.17, 15) is 13.5 Å². The Morgan fingerprint density at radius 3 is 2.37 bits per heavy atom. The number of benzene rings is 1. The Hall–Kier alpha value is -1.63. The minimum Gasteiger partial charge on any atom is -0.385 e. The molecule has 11 heteroatoms. The number of fused-ring (bicyclic) bond motifs is 2. The van der Waals surface area contributed by atoms with Crippen molar-refractivity contribution in [1.29, 1.82) is 0 Å². The predicted octanol–water partition coefficient (Wildman–Crippen LogP) is -0.139. The summed E-state index contributed by atoms with van der Waals surface area (Å²) in [7, 11) is -2.59. The van der Waals surface area contributed by atoms with Crippen molar-refractivity contribution in [2.75, 3.05) is 12.9 Å². The van der Waals surface area contributed by atoms with Crippen LogP contribution in [0.3, 0.4) is 0 Å². The normalized spacial score (nSPS) is 33.3. The SMILES string of the molecule is CO[C@H]1O[C@H](CS(=O)(=O)n2nc3ccccc3n2)[C@@H]2OC(C)(C)O[C@@H]2[C@H]1O. The van der Waals surface area contributed by atoms with Crippen LogP contribution in [0.1, 0.15) is 13.8 Å². The van der Waals surface area contributed by atoms with E-state index in [0.29, 0.717) is 15.2 Å². The molecule has 0 amide bonds. The molecule has 0 saturated carbocycles. The summed E-state index contributed by atoms with van der Waals surface area (Å²) in [6, 6.07) is 6.85. The van der Waals surface area contributed by atoms with E-state index in [4.69, 9.17) is 18.9 Å². The molecule has 2 saturated heterocycles. The smallest absolute Gasteiger partial charge is 0.272 e. The molecule has 2 fully saturated rings. The lowest BCUT2D eigenvalue weighted by molar-refractivity contribution is -0.264. The molecule has 148 valence electrons. The van der Waals surface area contributed by atoms with E-state index in [-0.39, 0.29) is 0 Å². The molecule has 1 N–H and O–H groups in total. The van der Waals surface area contributed by atoms with E-state index in [1.807, 2.05) is 0 Å². The van der Waals surface area contributed by atoms with Gasteiger partial charge in [-0.3, -0.25) is 0 Å². The number of hydrogen-bond acceptors (Lipinski definition) is 9. The Bertz CT molecular complexity index is 911. The Labute approximate surface area is 156 Å². The van der Waals surface area contributed by atoms with E-state index in [2.05, 4.69) is 10.2 Å². The average Bonchev–Trinajstić information content (AvgIpc) is 3.18. The van der Waals surface area contributed by atoms with Crippen molar-refractivity contribution in [2.24, 2.45) is 0 Å². The quantitative estimate of drug-likeness (QED) is 0.748. The molecular formula is C16H21N3O7S. The van der Waals surface area contributed by atoms with Gasteiger partial charge in [0.1, 0.15) is 41.2 Å². The van der Waals surface area contributed by atoms with Gasteiger partial charge < -0.3 is 24.1 Å². The molecule has 27 heavy (non-hydrogen) atoms. The van der Waals surface area contributed by atoms with Crippen LogP contribution in [-0.4, -0.2) is 77.3 Å². The van der Waals surface area contributed by atoms with Gasteiger partial charge in [0.2, 0.25) is 0 Å². The maximum absolute atomic E-state index is 12.9. The second kappa shape index (κ2) is 6.47. The molecule has 0 bridgehead atoms. The Kier molecular flexibility index (Phi) is 4.48. The zero-order chi connectivity index (χ0) is 19.4. The Morgan fingerprint density at radius 1 is 1.19 bits per heavy atom. The first-order chi connectivity index (χ1) is 12.7. The number of ether oxygens (including phenoxy) is 4. The fourth-order valence-corrected chi connectivity index (χ4v) is 4.66. The molecule has 0 radical (unpaired) electrons. The van der Waals surface area contributed by atoms with E-state index in [1.54, 1.807) is 38.1 Å². The lowest BCUT2D eigenvalue weighted by atomic mass is 10.00. The fourth-order valence-electron chi connectivity index (χ4n) is 3.42. The Balaban J connectivity index is 1.63. The highest BCUT2D eigenvalue weighted by molar-refractivity contribution is 7.89. The van der Waals surface area contributed by atoms with Crippen molar-refractivity contribution in [3.63, 3.8) is 0 Å². The summed E-state index contributed by atoms with van der Waals surface area (Å²) < 4.78 is 48.7. The number of hydrogen-bond donors (Lipinski definition) is 1. The van der Waals surface area contributed by atoms with Crippen molar-refractivity contribution >= 4 is 21.1 Å². The number of aromatic nitrogens is 3. The van der Waals surface area contributed by atoms with Crippen LogP contribution in [0, 0.1) is 0 Å². The lowest BCUT2D eigenvalue weighted by Crippen LogP contribution is -2.58. The van der Waals surface area contributed by atoms with E-state index >= 15 is 0 Å². The number of aliphatic hydroxyl groups excluding tert-OH is 1. The highest BCUT2D eigenvalue weighted by atomic mass is 32.2. The minimum atomic E-state index is -3.95.